The van der Waals surface area contributed by atoms with Crippen LogP contribution in [-0.2, 0) is 4.74 Å². The van der Waals surface area contributed by atoms with Gasteiger partial charge in [0.25, 0.3) is 5.91 Å². The van der Waals surface area contributed by atoms with Gasteiger partial charge in [0.05, 0.1) is 18.3 Å². The van der Waals surface area contributed by atoms with E-state index in [0.29, 0.717) is 12.1 Å². The molecule has 5 heteroatoms. The van der Waals surface area contributed by atoms with Gasteiger partial charge in [-0.2, -0.15) is 0 Å². The standard InChI is InChI=1S/C23H24N2O2S/c1-16-9-11-18(12-10-16)21-15-28-23(24-21)25(14-19-7-5-13-27-19)22(26)20-8-4-3-6-17(20)2/h3-4,6,8-12,15,19H,5,7,13-14H2,1-2H3/t19-/m1/s1. The Hall–Kier alpha value is -2.50. The molecule has 2 aromatic carbocycles. The SMILES string of the molecule is Cc1ccc(-c2csc(N(C[C@H]3CCCO3)C(=O)c3ccccc3C)n2)cc1. The fourth-order valence-corrected chi connectivity index (χ4v) is 4.28. The molecule has 2 heterocycles. The quantitative estimate of drug-likeness (QED) is 0.595. The molecule has 4 nitrogen and oxygen atoms in total. The summed E-state index contributed by atoms with van der Waals surface area (Å²) in [5.74, 6) is -0.0154. The van der Waals surface area contributed by atoms with Gasteiger partial charge in [0, 0.05) is 23.1 Å². The zero-order valence-corrected chi connectivity index (χ0v) is 17.0. The minimum Gasteiger partial charge on any atom is -0.376 e. The van der Waals surface area contributed by atoms with Crippen molar-refractivity contribution in [3.63, 3.8) is 0 Å². The Bertz CT molecular complexity index is 959. The molecule has 1 aliphatic rings. The second-order valence-electron chi connectivity index (χ2n) is 7.25. The monoisotopic (exact) mass is 392 g/mol. The lowest BCUT2D eigenvalue weighted by atomic mass is 10.1. The molecule has 1 saturated heterocycles. The van der Waals surface area contributed by atoms with Crippen molar-refractivity contribution in [2.45, 2.75) is 32.8 Å². The van der Waals surface area contributed by atoms with Crippen LogP contribution in [0.15, 0.2) is 53.9 Å². The number of rotatable bonds is 5. The average molecular weight is 393 g/mol. The topological polar surface area (TPSA) is 42.4 Å². The van der Waals surface area contributed by atoms with Gasteiger partial charge in [-0.3, -0.25) is 9.69 Å². The first-order valence-electron chi connectivity index (χ1n) is 9.63. The molecule has 0 aliphatic carbocycles. The molecule has 28 heavy (non-hydrogen) atoms. The predicted octanol–water partition coefficient (Wildman–Crippen LogP) is 5.25. The Labute approximate surface area is 169 Å². The third kappa shape index (κ3) is 4.01. The Balaban J connectivity index is 1.66. The molecule has 0 unspecified atom stereocenters. The maximum Gasteiger partial charge on any atom is 0.260 e. The van der Waals surface area contributed by atoms with Crippen LogP contribution in [0.3, 0.4) is 0 Å². The number of ether oxygens (including phenoxy) is 1. The van der Waals surface area contributed by atoms with Crippen LogP contribution >= 0.6 is 11.3 Å². The molecule has 0 saturated carbocycles. The van der Waals surface area contributed by atoms with Crippen molar-refractivity contribution in [3.05, 3.63) is 70.6 Å². The van der Waals surface area contributed by atoms with Crippen molar-refractivity contribution >= 4 is 22.4 Å². The molecule has 0 spiro atoms. The van der Waals surface area contributed by atoms with Crippen LogP contribution in [0.4, 0.5) is 5.13 Å². The molecule has 1 atom stereocenters. The number of carbonyl (C=O) groups excluding carboxylic acids is 1. The summed E-state index contributed by atoms with van der Waals surface area (Å²) in [6.45, 7) is 5.34. The highest BCUT2D eigenvalue weighted by atomic mass is 32.1. The molecular weight excluding hydrogens is 368 g/mol. The van der Waals surface area contributed by atoms with E-state index in [4.69, 9.17) is 9.72 Å². The van der Waals surface area contributed by atoms with Gasteiger partial charge in [-0.25, -0.2) is 4.98 Å². The molecule has 4 rings (SSSR count). The molecule has 0 N–H and O–H groups in total. The van der Waals surface area contributed by atoms with Gasteiger partial charge in [-0.1, -0.05) is 48.0 Å². The van der Waals surface area contributed by atoms with Gasteiger partial charge in [-0.05, 0) is 38.3 Å². The Kier molecular flexibility index (Phi) is 5.55. The maximum absolute atomic E-state index is 13.4. The Morgan fingerprint density at radius 3 is 2.68 bits per heavy atom. The van der Waals surface area contributed by atoms with E-state index in [9.17, 15) is 4.79 Å². The lowest BCUT2D eigenvalue weighted by molar-refractivity contribution is 0.0917. The predicted molar refractivity (Wildman–Crippen MR) is 114 cm³/mol. The molecule has 3 aromatic rings. The summed E-state index contributed by atoms with van der Waals surface area (Å²) in [4.78, 5) is 20.0. The Morgan fingerprint density at radius 1 is 1.18 bits per heavy atom. The second kappa shape index (κ2) is 8.25. The molecule has 1 fully saturated rings. The van der Waals surface area contributed by atoms with E-state index < -0.39 is 0 Å². The highest BCUT2D eigenvalue weighted by molar-refractivity contribution is 7.14. The fraction of sp³-hybridized carbons (Fsp3) is 0.304. The van der Waals surface area contributed by atoms with Crippen LogP contribution in [-0.4, -0.2) is 30.1 Å². The van der Waals surface area contributed by atoms with Crippen molar-refractivity contribution in [3.8, 4) is 11.3 Å². The van der Waals surface area contributed by atoms with Gasteiger partial charge < -0.3 is 4.74 Å². The largest absolute Gasteiger partial charge is 0.376 e. The van der Waals surface area contributed by atoms with Gasteiger partial charge in [-0.15, -0.1) is 11.3 Å². The normalized spacial score (nSPS) is 16.3. The summed E-state index contributed by atoms with van der Waals surface area (Å²) in [6, 6.07) is 16.0. The first-order chi connectivity index (χ1) is 13.6. The Morgan fingerprint density at radius 2 is 1.96 bits per heavy atom. The van der Waals surface area contributed by atoms with Crippen LogP contribution < -0.4 is 4.90 Å². The summed E-state index contributed by atoms with van der Waals surface area (Å²) in [7, 11) is 0. The minimum absolute atomic E-state index is 0.0154. The summed E-state index contributed by atoms with van der Waals surface area (Å²) in [5.41, 5.74) is 4.87. The van der Waals surface area contributed by atoms with Gasteiger partial charge >= 0.3 is 0 Å². The number of aryl methyl sites for hydroxylation is 2. The molecule has 1 aliphatic heterocycles. The highest BCUT2D eigenvalue weighted by Crippen LogP contribution is 2.30. The maximum atomic E-state index is 13.4. The third-order valence-corrected chi connectivity index (χ3v) is 5.96. The van der Waals surface area contributed by atoms with Crippen molar-refractivity contribution in [1.82, 2.24) is 4.98 Å². The highest BCUT2D eigenvalue weighted by Gasteiger charge is 2.27. The average Bonchev–Trinajstić information content (AvgIpc) is 3.39. The van der Waals surface area contributed by atoms with E-state index in [0.717, 1.165) is 41.4 Å². The molecule has 1 aromatic heterocycles. The summed E-state index contributed by atoms with van der Waals surface area (Å²) in [5, 5.41) is 2.74. The number of hydrogen-bond acceptors (Lipinski definition) is 4. The molecule has 0 bridgehead atoms. The number of carbonyl (C=O) groups is 1. The minimum atomic E-state index is -0.0154. The van der Waals surface area contributed by atoms with Gasteiger partial charge in [0.1, 0.15) is 0 Å². The second-order valence-corrected chi connectivity index (χ2v) is 8.08. The zero-order chi connectivity index (χ0) is 19.5. The lowest BCUT2D eigenvalue weighted by Crippen LogP contribution is -2.37. The summed E-state index contributed by atoms with van der Waals surface area (Å²) in [6.07, 6.45) is 2.09. The third-order valence-electron chi connectivity index (χ3n) is 5.10. The van der Waals surface area contributed by atoms with E-state index in [1.807, 2.05) is 36.6 Å². The summed E-state index contributed by atoms with van der Waals surface area (Å²) >= 11 is 1.51. The molecule has 1 amide bonds. The number of anilines is 1. The lowest BCUT2D eigenvalue weighted by Gasteiger charge is -2.23. The van der Waals surface area contributed by atoms with Crippen LogP contribution in [0, 0.1) is 13.8 Å². The number of nitrogens with zero attached hydrogens (tertiary/aromatic N) is 2. The van der Waals surface area contributed by atoms with Crippen molar-refractivity contribution in [2.24, 2.45) is 0 Å². The fourth-order valence-electron chi connectivity index (χ4n) is 3.44. The molecular formula is C23H24N2O2S. The summed E-state index contributed by atoms with van der Waals surface area (Å²) < 4.78 is 5.81. The van der Waals surface area contributed by atoms with Crippen LogP contribution in [0.2, 0.25) is 0 Å². The first-order valence-corrected chi connectivity index (χ1v) is 10.5. The van der Waals surface area contributed by atoms with Crippen LogP contribution in [0.5, 0.6) is 0 Å². The van der Waals surface area contributed by atoms with Gasteiger partial charge in [0.2, 0.25) is 0 Å². The van der Waals surface area contributed by atoms with Crippen LogP contribution in [0.25, 0.3) is 11.3 Å². The smallest absolute Gasteiger partial charge is 0.260 e. The molecule has 0 radical (unpaired) electrons. The van der Waals surface area contributed by atoms with E-state index in [2.05, 4.69) is 31.2 Å². The number of thiazole rings is 1. The van der Waals surface area contributed by atoms with Crippen molar-refractivity contribution in [1.29, 1.82) is 0 Å². The van der Waals surface area contributed by atoms with Gasteiger partial charge in [0.15, 0.2) is 5.13 Å². The zero-order valence-electron chi connectivity index (χ0n) is 16.2. The number of aromatic nitrogens is 1. The van der Waals surface area contributed by atoms with Crippen LogP contribution in [0.1, 0.15) is 34.3 Å². The number of hydrogen-bond donors (Lipinski definition) is 0. The van der Waals surface area contributed by atoms with Crippen molar-refractivity contribution in [2.75, 3.05) is 18.1 Å². The molecule has 144 valence electrons. The van der Waals surface area contributed by atoms with E-state index in [1.54, 1.807) is 4.90 Å². The first kappa shape index (κ1) is 18.8. The van der Waals surface area contributed by atoms with E-state index in [1.165, 1.54) is 16.9 Å². The van der Waals surface area contributed by atoms with E-state index in [-0.39, 0.29) is 12.0 Å². The van der Waals surface area contributed by atoms with E-state index >= 15 is 0 Å². The van der Waals surface area contributed by atoms with Crippen molar-refractivity contribution < 1.29 is 9.53 Å². The number of benzene rings is 2. The number of amides is 1.